The van der Waals surface area contributed by atoms with Crippen molar-refractivity contribution in [3.8, 4) is 0 Å². The van der Waals surface area contributed by atoms with E-state index in [1.165, 1.54) is 24.1 Å². The average Bonchev–Trinajstić information content (AvgIpc) is 3.19. The summed E-state index contributed by atoms with van der Waals surface area (Å²) < 4.78 is 0. The van der Waals surface area contributed by atoms with Crippen LogP contribution in [0.5, 0.6) is 0 Å². The summed E-state index contributed by atoms with van der Waals surface area (Å²) in [5.74, 6) is -0.353. The first-order chi connectivity index (χ1) is 14.0. The van der Waals surface area contributed by atoms with Crippen LogP contribution >= 0.6 is 0 Å². The fourth-order valence-electron chi connectivity index (χ4n) is 5.13. The van der Waals surface area contributed by atoms with Crippen molar-refractivity contribution in [2.24, 2.45) is 5.92 Å². The number of piperidine rings is 1. The highest BCUT2D eigenvalue weighted by Gasteiger charge is 2.41. The van der Waals surface area contributed by atoms with Crippen LogP contribution in [0.15, 0.2) is 54.6 Å². The lowest BCUT2D eigenvalue weighted by molar-refractivity contribution is 0.0693. The maximum atomic E-state index is 11.4. The van der Waals surface area contributed by atoms with Crippen LogP contribution in [-0.4, -0.2) is 53.1 Å². The van der Waals surface area contributed by atoms with E-state index in [4.69, 9.17) is 0 Å². The molecule has 2 aromatic carbocycles. The summed E-state index contributed by atoms with van der Waals surface area (Å²) in [6, 6.07) is 19.0. The summed E-state index contributed by atoms with van der Waals surface area (Å²) in [6.07, 6.45) is 2.32. The average molecular weight is 393 g/mol. The zero-order chi connectivity index (χ0) is 20.4. The molecule has 0 bridgehead atoms. The lowest BCUT2D eigenvalue weighted by Crippen LogP contribution is -2.51. The van der Waals surface area contributed by atoms with Gasteiger partial charge >= 0.3 is 5.97 Å². The molecular weight excluding hydrogens is 360 g/mol. The van der Waals surface area contributed by atoms with Gasteiger partial charge in [-0.2, -0.15) is 0 Å². The lowest BCUT2D eigenvalue weighted by Gasteiger charge is -2.47. The van der Waals surface area contributed by atoms with E-state index in [1.54, 1.807) is 6.07 Å². The smallest absolute Gasteiger partial charge is 0.335 e. The summed E-state index contributed by atoms with van der Waals surface area (Å²) in [7, 11) is 0. The third-order valence-corrected chi connectivity index (χ3v) is 7.30. The van der Waals surface area contributed by atoms with Gasteiger partial charge in [0.15, 0.2) is 0 Å². The Bertz CT molecular complexity index is 853. The fourth-order valence-corrected chi connectivity index (χ4v) is 5.13. The molecule has 0 saturated carbocycles. The van der Waals surface area contributed by atoms with Crippen molar-refractivity contribution in [2.75, 3.05) is 26.2 Å². The number of hydrogen-bond donors (Lipinski definition) is 1. The topological polar surface area (TPSA) is 43.8 Å². The quantitative estimate of drug-likeness (QED) is 0.826. The van der Waals surface area contributed by atoms with Gasteiger partial charge in [-0.15, -0.1) is 0 Å². The van der Waals surface area contributed by atoms with E-state index < -0.39 is 5.97 Å². The molecular formula is C25H32N2O2. The largest absolute Gasteiger partial charge is 0.478 e. The summed E-state index contributed by atoms with van der Waals surface area (Å²) >= 11 is 0. The molecule has 2 heterocycles. The summed E-state index contributed by atoms with van der Waals surface area (Å²) in [4.78, 5) is 16.7. The van der Waals surface area contributed by atoms with Crippen LogP contribution in [0.2, 0.25) is 0 Å². The predicted octanol–water partition coefficient (Wildman–Crippen LogP) is 4.26. The van der Waals surface area contributed by atoms with Crippen molar-refractivity contribution in [2.45, 2.75) is 44.7 Å². The van der Waals surface area contributed by atoms with Gasteiger partial charge in [0.1, 0.15) is 0 Å². The minimum absolute atomic E-state index is 0.0320. The fraction of sp³-hybridized carbons (Fsp3) is 0.480. The first-order valence-corrected chi connectivity index (χ1v) is 10.8. The van der Waals surface area contributed by atoms with Gasteiger partial charge in [-0.25, -0.2) is 4.79 Å². The zero-order valence-electron chi connectivity index (χ0n) is 17.6. The zero-order valence-corrected chi connectivity index (χ0v) is 17.6. The van der Waals surface area contributed by atoms with Crippen LogP contribution in [0.1, 0.15) is 48.2 Å². The Labute approximate surface area is 174 Å². The number of carbonyl (C=O) groups is 1. The normalized spacial score (nSPS) is 28.5. The monoisotopic (exact) mass is 392 g/mol. The van der Waals surface area contributed by atoms with E-state index in [0.717, 1.165) is 32.6 Å². The van der Waals surface area contributed by atoms with E-state index >= 15 is 0 Å². The molecule has 0 spiro atoms. The van der Waals surface area contributed by atoms with Crippen molar-refractivity contribution in [3.63, 3.8) is 0 Å². The third-order valence-electron chi connectivity index (χ3n) is 7.30. The molecule has 3 atom stereocenters. The highest BCUT2D eigenvalue weighted by atomic mass is 16.4. The molecule has 1 N–H and O–H groups in total. The molecule has 0 aromatic heterocycles. The molecule has 29 heavy (non-hydrogen) atoms. The van der Waals surface area contributed by atoms with E-state index in [0.29, 0.717) is 17.5 Å². The lowest BCUT2D eigenvalue weighted by atomic mass is 9.67. The molecule has 0 amide bonds. The number of aromatic carboxylic acids is 1. The van der Waals surface area contributed by atoms with Crippen LogP contribution in [0.25, 0.3) is 0 Å². The van der Waals surface area contributed by atoms with E-state index in [1.807, 2.05) is 12.1 Å². The van der Waals surface area contributed by atoms with E-state index in [-0.39, 0.29) is 5.41 Å². The van der Waals surface area contributed by atoms with Crippen LogP contribution < -0.4 is 0 Å². The second kappa shape index (κ2) is 8.29. The van der Waals surface area contributed by atoms with Crippen LogP contribution in [0, 0.1) is 5.92 Å². The standard InChI is InChI=1S/C25H32N2O2/c1-19-16-27(23-11-13-26(18-23)17-20-7-4-3-5-8-20)14-12-25(19,2)22-10-6-9-21(15-22)24(28)29/h3-10,15,19,23H,11-14,16-18H2,1-2H3,(H,28,29)/t19-,23?,25+/m0/s1. The van der Waals surface area contributed by atoms with E-state index in [9.17, 15) is 9.90 Å². The highest BCUT2D eigenvalue weighted by Crippen LogP contribution is 2.40. The first-order valence-electron chi connectivity index (χ1n) is 10.8. The predicted molar refractivity (Wildman–Crippen MR) is 116 cm³/mol. The molecule has 2 aliphatic heterocycles. The minimum Gasteiger partial charge on any atom is -0.478 e. The number of nitrogens with zero attached hydrogens (tertiary/aromatic N) is 2. The molecule has 154 valence electrons. The van der Waals surface area contributed by atoms with Crippen LogP contribution in [0.3, 0.4) is 0 Å². The van der Waals surface area contributed by atoms with Gasteiger partial charge in [0.2, 0.25) is 0 Å². The van der Waals surface area contributed by atoms with Gasteiger partial charge in [0.05, 0.1) is 5.56 Å². The summed E-state index contributed by atoms with van der Waals surface area (Å²) in [6.45, 7) is 10.2. The Morgan fingerprint density at radius 1 is 1.10 bits per heavy atom. The molecule has 0 radical (unpaired) electrons. The van der Waals surface area contributed by atoms with Crippen molar-refractivity contribution in [1.82, 2.24) is 9.80 Å². The maximum Gasteiger partial charge on any atom is 0.335 e. The molecule has 2 aliphatic rings. The number of hydrogen-bond acceptors (Lipinski definition) is 3. The number of benzene rings is 2. The number of carboxylic acids is 1. The van der Waals surface area contributed by atoms with E-state index in [2.05, 4.69) is 60.0 Å². The molecule has 1 unspecified atom stereocenters. The SMILES string of the molecule is C[C@H]1CN(C2CCN(Cc3ccccc3)C2)CC[C@@]1(C)c1cccc(C(=O)O)c1. The second-order valence-corrected chi connectivity index (χ2v) is 9.11. The van der Waals surface area contributed by atoms with Gasteiger partial charge in [-0.1, -0.05) is 56.3 Å². The van der Waals surface area contributed by atoms with Gasteiger partial charge < -0.3 is 5.11 Å². The molecule has 4 nitrogen and oxygen atoms in total. The second-order valence-electron chi connectivity index (χ2n) is 9.11. The van der Waals surface area contributed by atoms with Gasteiger partial charge in [-0.3, -0.25) is 9.80 Å². The highest BCUT2D eigenvalue weighted by molar-refractivity contribution is 5.87. The minimum atomic E-state index is -0.843. The summed E-state index contributed by atoms with van der Waals surface area (Å²) in [5, 5.41) is 9.36. The Balaban J connectivity index is 1.39. The maximum absolute atomic E-state index is 11.4. The first kappa shape index (κ1) is 20.1. The van der Waals surface area contributed by atoms with Gasteiger partial charge in [0.25, 0.3) is 0 Å². The van der Waals surface area contributed by atoms with Gasteiger partial charge in [0, 0.05) is 32.2 Å². The Kier molecular flexibility index (Phi) is 5.75. The molecule has 0 aliphatic carbocycles. The molecule has 4 rings (SSSR count). The number of carboxylic acid groups (broad SMARTS) is 1. The van der Waals surface area contributed by atoms with Crippen molar-refractivity contribution < 1.29 is 9.90 Å². The molecule has 2 saturated heterocycles. The van der Waals surface area contributed by atoms with Crippen molar-refractivity contribution in [3.05, 3.63) is 71.3 Å². The molecule has 2 fully saturated rings. The Morgan fingerprint density at radius 3 is 2.62 bits per heavy atom. The van der Waals surface area contributed by atoms with Crippen LogP contribution in [0.4, 0.5) is 0 Å². The number of likely N-dealkylation sites (tertiary alicyclic amines) is 2. The number of rotatable bonds is 5. The van der Waals surface area contributed by atoms with Crippen LogP contribution in [-0.2, 0) is 12.0 Å². The van der Waals surface area contributed by atoms with Gasteiger partial charge in [-0.05, 0) is 54.0 Å². The molecule has 2 aromatic rings. The third kappa shape index (κ3) is 4.24. The van der Waals surface area contributed by atoms with Crippen molar-refractivity contribution >= 4 is 5.97 Å². The Morgan fingerprint density at radius 2 is 1.90 bits per heavy atom. The Hall–Kier alpha value is -2.17. The summed E-state index contributed by atoms with van der Waals surface area (Å²) in [5.41, 5.74) is 2.99. The molecule has 4 heteroatoms. The van der Waals surface area contributed by atoms with Crippen molar-refractivity contribution in [1.29, 1.82) is 0 Å².